The molecule has 1 rings (SSSR count). The van der Waals surface area contributed by atoms with Gasteiger partial charge in [0.15, 0.2) is 0 Å². The first-order chi connectivity index (χ1) is 9.43. The van der Waals surface area contributed by atoms with Crippen molar-refractivity contribution in [2.75, 3.05) is 46.3 Å². The van der Waals surface area contributed by atoms with Gasteiger partial charge in [0.05, 0.1) is 6.04 Å². The molecule has 0 aliphatic carbocycles. The zero-order valence-electron chi connectivity index (χ0n) is 14.0. The van der Waals surface area contributed by atoms with E-state index in [0.29, 0.717) is 5.92 Å². The van der Waals surface area contributed by atoms with Gasteiger partial charge in [0.1, 0.15) is 0 Å². The third kappa shape index (κ3) is 7.45. The van der Waals surface area contributed by atoms with Crippen LogP contribution < -0.4 is 11.1 Å². The van der Waals surface area contributed by atoms with Crippen LogP contribution in [0.3, 0.4) is 0 Å². The van der Waals surface area contributed by atoms with E-state index < -0.39 is 0 Å². The van der Waals surface area contributed by atoms with E-state index in [0.717, 1.165) is 45.7 Å². The van der Waals surface area contributed by atoms with Gasteiger partial charge in [-0.15, -0.1) is 12.4 Å². The van der Waals surface area contributed by atoms with Crippen molar-refractivity contribution in [2.24, 2.45) is 17.6 Å². The number of hydrogen-bond donors (Lipinski definition) is 2. The molecule has 3 unspecified atom stereocenters. The highest BCUT2D eigenvalue weighted by molar-refractivity contribution is 5.85. The van der Waals surface area contributed by atoms with E-state index in [1.165, 1.54) is 0 Å². The Hall–Kier alpha value is -0.360. The molecular weight excluding hydrogens is 288 g/mol. The lowest BCUT2D eigenvalue weighted by atomic mass is 9.99. The van der Waals surface area contributed by atoms with E-state index in [1.807, 2.05) is 6.92 Å². The largest absolute Gasteiger partial charge is 0.354 e. The highest BCUT2D eigenvalue weighted by atomic mass is 35.5. The van der Waals surface area contributed by atoms with Gasteiger partial charge in [-0.25, -0.2) is 0 Å². The van der Waals surface area contributed by atoms with Crippen molar-refractivity contribution in [3.63, 3.8) is 0 Å². The Morgan fingerprint density at radius 3 is 2.33 bits per heavy atom. The van der Waals surface area contributed by atoms with Crippen molar-refractivity contribution < 1.29 is 4.79 Å². The summed E-state index contributed by atoms with van der Waals surface area (Å²) in [5.74, 6) is 0.694. The van der Waals surface area contributed by atoms with Gasteiger partial charge >= 0.3 is 0 Å². The third-order valence-electron chi connectivity index (χ3n) is 4.35. The van der Waals surface area contributed by atoms with Crippen LogP contribution >= 0.6 is 12.4 Å². The fourth-order valence-corrected chi connectivity index (χ4v) is 2.44. The predicted octanol–water partition coefficient (Wildman–Crippen LogP) is 0.781. The molecule has 21 heavy (non-hydrogen) atoms. The number of likely N-dealkylation sites (N-methyl/N-ethyl adjacent to an activating group) is 1. The lowest BCUT2D eigenvalue weighted by Crippen LogP contribution is -2.49. The van der Waals surface area contributed by atoms with Crippen molar-refractivity contribution in [1.29, 1.82) is 0 Å². The lowest BCUT2D eigenvalue weighted by Gasteiger charge is -2.34. The maximum atomic E-state index is 11.9. The first-order valence-electron chi connectivity index (χ1n) is 7.88. The second-order valence-electron chi connectivity index (χ2n) is 6.37. The summed E-state index contributed by atoms with van der Waals surface area (Å²) >= 11 is 0. The number of nitrogens with one attached hydrogen (secondary N) is 1. The minimum atomic E-state index is -0.379. The Balaban J connectivity index is 0.00000400. The van der Waals surface area contributed by atoms with E-state index >= 15 is 0 Å². The van der Waals surface area contributed by atoms with Crippen LogP contribution in [0.4, 0.5) is 0 Å². The molecule has 1 amide bonds. The molecule has 0 aromatic carbocycles. The summed E-state index contributed by atoms with van der Waals surface area (Å²) in [7, 11) is 2.16. The molecule has 1 saturated heterocycles. The molecule has 3 N–H and O–H groups in total. The van der Waals surface area contributed by atoms with E-state index in [2.05, 4.69) is 36.0 Å². The number of carbonyl (C=O) groups excluding carboxylic acids is 1. The van der Waals surface area contributed by atoms with E-state index in [4.69, 9.17) is 5.73 Å². The van der Waals surface area contributed by atoms with Crippen molar-refractivity contribution in [2.45, 2.75) is 33.2 Å². The predicted molar refractivity (Wildman–Crippen MR) is 90.8 cm³/mol. The SMILES string of the molecule is CCC(C)C(N)C(=O)NCC(C)CN1CCN(C)CC1.Cl. The third-order valence-corrected chi connectivity index (χ3v) is 4.35. The van der Waals surface area contributed by atoms with Gasteiger partial charge in [-0.1, -0.05) is 27.2 Å². The molecule has 1 heterocycles. The van der Waals surface area contributed by atoms with E-state index in [9.17, 15) is 4.79 Å². The van der Waals surface area contributed by atoms with Crippen molar-refractivity contribution >= 4 is 18.3 Å². The normalized spacial score (nSPS) is 21.2. The smallest absolute Gasteiger partial charge is 0.237 e. The van der Waals surface area contributed by atoms with Crippen LogP contribution in [-0.4, -0.2) is 68.1 Å². The van der Waals surface area contributed by atoms with Gasteiger partial charge in [-0.2, -0.15) is 0 Å². The summed E-state index contributed by atoms with van der Waals surface area (Å²) in [6.45, 7) is 12.6. The van der Waals surface area contributed by atoms with Crippen LogP contribution in [0.1, 0.15) is 27.2 Å². The summed E-state index contributed by atoms with van der Waals surface area (Å²) in [6.07, 6.45) is 0.936. The van der Waals surface area contributed by atoms with Gasteiger partial charge in [0.2, 0.25) is 5.91 Å². The minimum Gasteiger partial charge on any atom is -0.354 e. The maximum absolute atomic E-state index is 11.9. The summed E-state index contributed by atoms with van der Waals surface area (Å²) in [5, 5.41) is 2.99. The number of hydrogen-bond acceptors (Lipinski definition) is 4. The first-order valence-corrected chi connectivity index (χ1v) is 7.88. The molecule has 0 saturated carbocycles. The second kappa shape index (κ2) is 10.4. The number of rotatable bonds is 7. The number of halogens is 1. The first kappa shape index (κ1) is 20.6. The Morgan fingerprint density at radius 2 is 1.81 bits per heavy atom. The molecule has 0 bridgehead atoms. The average Bonchev–Trinajstić information content (AvgIpc) is 2.45. The summed E-state index contributed by atoms with van der Waals surface area (Å²) in [6, 6.07) is -0.379. The standard InChI is InChI=1S/C15H32N4O.ClH/c1-5-13(3)14(16)15(20)17-10-12(2)11-19-8-6-18(4)7-9-19;/h12-14H,5-11,16H2,1-4H3,(H,17,20);1H. The zero-order valence-corrected chi connectivity index (χ0v) is 14.8. The number of nitrogens with zero attached hydrogens (tertiary/aromatic N) is 2. The topological polar surface area (TPSA) is 61.6 Å². The Morgan fingerprint density at radius 1 is 1.24 bits per heavy atom. The molecule has 0 aromatic heterocycles. The van der Waals surface area contributed by atoms with Gasteiger partial charge in [0.25, 0.3) is 0 Å². The van der Waals surface area contributed by atoms with Gasteiger partial charge in [-0.3, -0.25) is 4.79 Å². The average molecular weight is 321 g/mol. The highest BCUT2D eigenvalue weighted by Crippen LogP contribution is 2.06. The highest BCUT2D eigenvalue weighted by Gasteiger charge is 2.20. The molecule has 3 atom stereocenters. The fourth-order valence-electron chi connectivity index (χ4n) is 2.44. The zero-order chi connectivity index (χ0) is 15.1. The van der Waals surface area contributed by atoms with E-state index in [-0.39, 0.29) is 30.3 Å². The molecule has 5 nitrogen and oxygen atoms in total. The molecule has 0 radical (unpaired) electrons. The number of carbonyl (C=O) groups is 1. The van der Waals surface area contributed by atoms with Crippen LogP contribution in [0.25, 0.3) is 0 Å². The van der Waals surface area contributed by atoms with Gasteiger partial charge < -0.3 is 20.9 Å². The minimum absolute atomic E-state index is 0. The maximum Gasteiger partial charge on any atom is 0.237 e. The van der Waals surface area contributed by atoms with Crippen LogP contribution in [0.2, 0.25) is 0 Å². The van der Waals surface area contributed by atoms with Gasteiger partial charge in [-0.05, 0) is 18.9 Å². The number of piperazine rings is 1. The molecule has 1 aliphatic heterocycles. The summed E-state index contributed by atoms with van der Waals surface area (Å²) in [4.78, 5) is 16.8. The molecule has 1 aliphatic rings. The molecule has 0 spiro atoms. The Bertz CT molecular complexity index is 295. The van der Waals surface area contributed by atoms with Crippen LogP contribution in [0.15, 0.2) is 0 Å². The molecule has 6 heteroatoms. The Kier molecular flexibility index (Phi) is 10.2. The lowest BCUT2D eigenvalue weighted by molar-refractivity contribution is -0.123. The Labute approximate surface area is 136 Å². The quantitative estimate of drug-likeness (QED) is 0.728. The number of nitrogens with two attached hydrogens (primary N) is 1. The monoisotopic (exact) mass is 320 g/mol. The van der Waals surface area contributed by atoms with Crippen molar-refractivity contribution in [3.05, 3.63) is 0 Å². The van der Waals surface area contributed by atoms with Crippen LogP contribution in [0, 0.1) is 11.8 Å². The van der Waals surface area contributed by atoms with Crippen LogP contribution in [-0.2, 0) is 4.79 Å². The van der Waals surface area contributed by atoms with E-state index in [1.54, 1.807) is 0 Å². The second-order valence-corrected chi connectivity index (χ2v) is 6.37. The van der Waals surface area contributed by atoms with Crippen molar-refractivity contribution in [3.8, 4) is 0 Å². The molecular formula is C15H33ClN4O. The fraction of sp³-hybridized carbons (Fsp3) is 0.933. The molecule has 0 aromatic rings. The molecule has 1 fully saturated rings. The van der Waals surface area contributed by atoms with Crippen LogP contribution in [0.5, 0.6) is 0 Å². The molecule has 126 valence electrons. The van der Waals surface area contributed by atoms with Crippen molar-refractivity contribution in [1.82, 2.24) is 15.1 Å². The number of amides is 1. The summed E-state index contributed by atoms with van der Waals surface area (Å²) < 4.78 is 0. The van der Waals surface area contributed by atoms with Gasteiger partial charge in [0, 0.05) is 39.3 Å². The summed E-state index contributed by atoms with van der Waals surface area (Å²) in [5.41, 5.74) is 5.93.